The van der Waals surface area contributed by atoms with Crippen LogP contribution in [0.5, 0.6) is 0 Å². The summed E-state index contributed by atoms with van der Waals surface area (Å²) in [5.41, 5.74) is 7.29. The van der Waals surface area contributed by atoms with E-state index in [0.29, 0.717) is 34.4 Å². The first kappa shape index (κ1) is 24.2. The second kappa shape index (κ2) is 9.85. The van der Waals surface area contributed by atoms with Crippen molar-refractivity contribution < 1.29 is 19.1 Å². The summed E-state index contributed by atoms with van der Waals surface area (Å²) in [4.78, 5) is 43.9. The number of carbonyl (C=O) groups excluding carboxylic acids is 3. The van der Waals surface area contributed by atoms with Gasteiger partial charge in [-0.1, -0.05) is 42.0 Å². The molecule has 0 fully saturated rings. The number of para-hydroxylation sites is 1. The van der Waals surface area contributed by atoms with Crippen molar-refractivity contribution in [1.82, 2.24) is 4.98 Å². The van der Waals surface area contributed by atoms with E-state index in [1.165, 1.54) is 6.92 Å². The maximum atomic E-state index is 13.1. The molecule has 7 heteroatoms. The number of aryl methyl sites for hydroxylation is 2. The van der Waals surface area contributed by atoms with Crippen molar-refractivity contribution in [2.45, 2.75) is 27.2 Å². The molecule has 2 amide bonds. The van der Waals surface area contributed by atoms with Crippen LogP contribution in [0.1, 0.15) is 34.0 Å². The lowest BCUT2D eigenvalue weighted by atomic mass is 9.99. The first-order valence-corrected chi connectivity index (χ1v) is 12.2. The maximum Gasteiger partial charge on any atom is 0.339 e. The lowest BCUT2D eigenvalue weighted by molar-refractivity contribution is -0.119. The van der Waals surface area contributed by atoms with Gasteiger partial charge in [0, 0.05) is 35.8 Å². The molecule has 0 aliphatic carbocycles. The van der Waals surface area contributed by atoms with Crippen molar-refractivity contribution in [2.75, 3.05) is 23.4 Å². The SMILES string of the molecule is CC(=O)N1CCc2cc(NC(=O)COC(=O)c3cc(-c4ccc(C)cc4C)nc4ccccc34)ccc21. The van der Waals surface area contributed by atoms with Crippen LogP contribution in [0.2, 0.25) is 0 Å². The Morgan fingerprint density at radius 1 is 1.00 bits per heavy atom. The second-order valence-electron chi connectivity index (χ2n) is 9.28. The van der Waals surface area contributed by atoms with Crippen molar-refractivity contribution in [3.05, 3.63) is 89.0 Å². The highest BCUT2D eigenvalue weighted by molar-refractivity contribution is 6.05. The number of hydrogen-bond donors (Lipinski definition) is 1. The standard InChI is InChI=1S/C30H27N3O4/c1-18-8-10-23(19(2)14-18)27-16-25(24-6-4-5-7-26(24)32-27)30(36)37-17-29(35)31-22-9-11-28-21(15-22)12-13-33(28)20(3)34/h4-11,14-16H,12-13,17H2,1-3H3,(H,31,35). The average Bonchev–Trinajstić information content (AvgIpc) is 3.30. The fraction of sp³-hybridized carbons (Fsp3) is 0.200. The van der Waals surface area contributed by atoms with Crippen LogP contribution in [-0.2, 0) is 20.7 Å². The first-order valence-electron chi connectivity index (χ1n) is 12.2. The molecule has 7 nitrogen and oxygen atoms in total. The van der Waals surface area contributed by atoms with E-state index in [4.69, 9.17) is 9.72 Å². The highest BCUT2D eigenvalue weighted by Gasteiger charge is 2.23. The quantitative estimate of drug-likeness (QED) is 0.385. The number of esters is 1. The van der Waals surface area contributed by atoms with Gasteiger partial charge in [0.05, 0.1) is 16.8 Å². The van der Waals surface area contributed by atoms with Gasteiger partial charge >= 0.3 is 5.97 Å². The number of rotatable bonds is 5. The summed E-state index contributed by atoms with van der Waals surface area (Å²) in [5.74, 6) is -1.04. The Kier molecular flexibility index (Phi) is 6.44. The minimum atomic E-state index is -0.592. The number of anilines is 2. The monoisotopic (exact) mass is 493 g/mol. The largest absolute Gasteiger partial charge is 0.452 e. The molecule has 5 rings (SSSR count). The molecule has 1 aliphatic heterocycles. The van der Waals surface area contributed by atoms with E-state index in [-0.39, 0.29) is 5.91 Å². The van der Waals surface area contributed by atoms with Gasteiger partial charge in [-0.05, 0) is 61.7 Å². The second-order valence-corrected chi connectivity index (χ2v) is 9.28. The summed E-state index contributed by atoms with van der Waals surface area (Å²) >= 11 is 0. The lowest BCUT2D eigenvalue weighted by Crippen LogP contribution is -2.25. The highest BCUT2D eigenvalue weighted by atomic mass is 16.5. The number of aromatic nitrogens is 1. The van der Waals surface area contributed by atoms with Gasteiger partial charge in [0.15, 0.2) is 6.61 Å². The molecule has 4 aromatic rings. The Hall–Kier alpha value is -4.52. The molecule has 0 bridgehead atoms. The summed E-state index contributed by atoms with van der Waals surface area (Å²) in [6.45, 7) is 5.78. The van der Waals surface area contributed by atoms with Crippen molar-refractivity contribution in [2.24, 2.45) is 0 Å². The zero-order chi connectivity index (χ0) is 26.1. The first-order chi connectivity index (χ1) is 17.8. The van der Waals surface area contributed by atoms with E-state index in [9.17, 15) is 14.4 Å². The normalized spacial score (nSPS) is 12.4. The minimum absolute atomic E-state index is 0.00761. The van der Waals surface area contributed by atoms with Crippen LogP contribution in [0.15, 0.2) is 66.7 Å². The van der Waals surface area contributed by atoms with E-state index in [2.05, 4.69) is 11.4 Å². The van der Waals surface area contributed by atoms with Gasteiger partial charge in [-0.15, -0.1) is 0 Å². The van der Waals surface area contributed by atoms with Crippen molar-refractivity contribution in [1.29, 1.82) is 0 Å². The topological polar surface area (TPSA) is 88.6 Å². The molecular formula is C30H27N3O4. The number of pyridine rings is 1. The van der Waals surface area contributed by atoms with Crippen LogP contribution in [0, 0.1) is 13.8 Å². The van der Waals surface area contributed by atoms with Gasteiger partial charge in [-0.2, -0.15) is 0 Å². The predicted molar refractivity (Wildman–Crippen MR) is 144 cm³/mol. The van der Waals surface area contributed by atoms with E-state index in [1.807, 2.05) is 62.4 Å². The van der Waals surface area contributed by atoms with Crippen LogP contribution in [0.3, 0.4) is 0 Å². The fourth-order valence-electron chi connectivity index (χ4n) is 4.80. The van der Waals surface area contributed by atoms with Crippen molar-refractivity contribution in [3.63, 3.8) is 0 Å². The molecule has 0 atom stereocenters. The van der Waals surface area contributed by atoms with Gasteiger partial charge in [0.2, 0.25) is 5.91 Å². The number of nitrogens with zero attached hydrogens (tertiary/aromatic N) is 2. The number of ether oxygens (including phenoxy) is 1. The van der Waals surface area contributed by atoms with Crippen molar-refractivity contribution >= 4 is 40.1 Å². The molecule has 37 heavy (non-hydrogen) atoms. The van der Waals surface area contributed by atoms with Gasteiger partial charge in [0.1, 0.15) is 0 Å². The van der Waals surface area contributed by atoms with Crippen LogP contribution >= 0.6 is 0 Å². The maximum absolute atomic E-state index is 13.1. The van der Waals surface area contributed by atoms with Gasteiger partial charge in [-0.25, -0.2) is 9.78 Å². The Balaban J connectivity index is 1.33. The molecule has 0 saturated carbocycles. The van der Waals surface area contributed by atoms with Crippen LogP contribution in [-0.4, -0.2) is 35.9 Å². The van der Waals surface area contributed by atoms with E-state index >= 15 is 0 Å². The Morgan fingerprint density at radius 2 is 1.81 bits per heavy atom. The van der Waals surface area contributed by atoms with E-state index < -0.39 is 18.5 Å². The summed E-state index contributed by atoms with van der Waals surface area (Å²) in [6, 6.07) is 20.6. The number of benzene rings is 3. The number of amides is 2. The van der Waals surface area contributed by atoms with E-state index in [1.54, 1.807) is 17.0 Å². The number of nitrogens with one attached hydrogen (secondary N) is 1. The number of hydrogen-bond acceptors (Lipinski definition) is 5. The smallest absolute Gasteiger partial charge is 0.339 e. The average molecular weight is 494 g/mol. The van der Waals surface area contributed by atoms with E-state index in [0.717, 1.165) is 34.4 Å². The summed E-state index contributed by atoms with van der Waals surface area (Å²) in [5, 5.41) is 3.44. The lowest BCUT2D eigenvalue weighted by Gasteiger charge is -2.15. The molecule has 1 aliphatic rings. The molecule has 0 spiro atoms. The Morgan fingerprint density at radius 3 is 2.59 bits per heavy atom. The highest BCUT2D eigenvalue weighted by Crippen LogP contribution is 2.31. The molecule has 0 unspecified atom stereocenters. The van der Waals surface area contributed by atoms with Crippen LogP contribution in [0.25, 0.3) is 22.2 Å². The molecule has 1 N–H and O–H groups in total. The zero-order valence-corrected chi connectivity index (χ0v) is 21.0. The molecule has 3 aromatic carbocycles. The molecular weight excluding hydrogens is 466 g/mol. The Bertz CT molecular complexity index is 1560. The molecule has 0 radical (unpaired) electrons. The predicted octanol–water partition coefficient (Wildman–Crippen LogP) is 5.22. The van der Waals surface area contributed by atoms with Gasteiger partial charge in [0.25, 0.3) is 5.91 Å². The molecule has 186 valence electrons. The number of fused-ring (bicyclic) bond motifs is 2. The molecule has 1 aromatic heterocycles. The summed E-state index contributed by atoms with van der Waals surface area (Å²) in [7, 11) is 0. The third-order valence-electron chi connectivity index (χ3n) is 6.57. The summed E-state index contributed by atoms with van der Waals surface area (Å²) < 4.78 is 5.42. The number of carbonyl (C=O) groups is 3. The van der Waals surface area contributed by atoms with Crippen LogP contribution in [0.4, 0.5) is 11.4 Å². The molecule has 0 saturated heterocycles. The fourth-order valence-corrected chi connectivity index (χ4v) is 4.80. The molecule has 2 heterocycles. The third kappa shape index (κ3) is 4.93. The van der Waals surface area contributed by atoms with Crippen molar-refractivity contribution in [3.8, 4) is 11.3 Å². The van der Waals surface area contributed by atoms with Gasteiger partial charge < -0.3 is 15.0 Å². The minimum Gasteiger partial charge on any atom is -0.452 e. The van der Waals surface area contributed by atoms with Gasteiger partial charge in [-0.3, -0.25) is 9.59 Å². The summed E-state index contributed by atoms with van der Waals surface area (Å²) in [6.07, 6.45) is 0.728. The third-order valence-corrected chi connectivity index (χ3v) is 6.57. The van der Waals surface area contributed by atoms with Crippen LogP contribution < -0.4 is 10.2 Å². The zero-order valence-electron chi connectivity index (χ0n) is 21.0. The Labute approximate surface area is 215 Å².